The Labute approximate surface area is 72.9 Å². The summed E-state index contributed by atoms with van der Waals surface area (Å²) in [6.07, 6.45) is 4.34. The highest BCUT2D eigenvalue weighted by Crippen LogP contribution is 1.97. The summed E-state index contributed by atoms with van der Waals surface area (Å²) < 4.78 is 1.56. The fraction of sp³-hybridized carbons (Fsp3) is 1.00. The summed E-state index contributed by atoms with van der Waals surface area (Å²) in [6.45, 7) is 2.26. The van der Waals surface area contributed by atoms with Gasteiger partial charge in [-0.25, -0.2) is 0 Å². The molecule has 0 radical (unpaired) electrons. The third-order valence-electron chi connectivity index (χ3n) is 1.21. The zero-order valence-electron chi connectivity index (χ0n) is 5.94. The molecule has 0 aliphatic rings. The lowest BCUT2D eigenvalue weighted by atomic mass is 10.3. The van der Waals surface area contributed by atoms with Crippen molar-refractivity contribution in [2.24, 2.45) is 0 Å². The minimum atomic E-state index is 0. The van der Waals surface area contributed by atoms with Crippen molar-refractivity contribution in [2.45, 2.75) is 35.8 Å². The van der Waals surface area contributed by atoms with Crippen LogP contribution >= 0.6 is 17.0 Å². The fourth-order valence-electron chi connectivity index (χ4n) is 0.677. The van der Waals surface area contributed by atoms with Crippen LogP contribution < -0.4 is 0 Å². The Kier molecular flexibility index (Phi) is 16.6. The minimum Gasteiger partial charge on any atom is -0.157 e. The highest BCUT2D eigenvalue weighted by molar-refractivity contribution is 8.93. The van der Waals surface area contributed by atoms with Crippen LogP contribution in [0, 0.1) is 0 Å². The van der Waals surface area contributed by atoms with Crippen LogP contribution in [0.1, 0.15) is 26.2 Å². The molecule has 8 heavy (non-hydrogen) atoms. The second-order valence-corrected chi connectivity index (χ2v) is 3.77. The van der Waals surface area contributed by atoms with Crippen molar-refractivity contribution in [1.82, 2.24) is 0 Å². The Morgan fingerprint density at radius 1 is 1.25 bits per heavy atom. The van der Waals surface area contributed by atoms with Crippen molar-refractivity contribution >= 4 is 37.3 Å². The molecule has 0 saturated carbocycles. The number of hydrogen-bond donors (Lipinski definition) is 0. The third-order valence-corrected chi connectivity index (χ3v) is 2.41. The maximum Gasteiger partial charge on any atom is 0.360 e. The topological polar surface area (TPSA) is 0 Å². The Morgan fingerprint density at radius 3 is 2.25 bits per heavy atom. The van der Waals surface area contributed by atoms with Gasteiger partial charge in [0.15, 0.2) is 0 Å². The van der Waals surface area contributed by atoms with Gasteiger partial charge in [0.2, 0.25) is 0 Å². The highest BCUT2D eigenvalue weighted by atomic mass is 79.9. The predicted octanol–water partition coefficient (Wildman–Crippen LogP) is 2.93. The molecule has 0 heterocycles. The van der Waals surface area contributed by atoms with E-state index in [1.54, 1.807) is 4.55 Å². The maximum atomic E-state index is 2.38. The summed E-state index contributed by atoms with van der Waals surface area (Å²) in [6, 6.07) is 0. The van der Waals surface area contributed by atoms with Crippen LogP contribution in [-0.2, 0) is 0 Å². The Morgan fingerprint density at radius 2 is 1.88 bits per heavy atom. The average molecular weight is 191 g/mol. The van der Waals surface area contributed by atoms with Gasteiger partial charge >= 0.3 is 20.4 Å². The zero-order chi connectivity index (χ0) is 5.54. The lowest BCUT2D eigenvalue weighted by Crippen LogP contribution is -1.79. The molecule has 0 aromatic carbocycles. The van der Waals surface area contributed by atoms with Crippen molar-refractivity contribution < 1.29 is 0 Å². The molecule has 0 amide bonds. The van der Waals surface area contributed by atoms with Crippen LogP contribution in [0.5, 0.6) is 0 Å². The lowest BCUT2D eigenvalue weighted by Gasteiger charge is -1.89. The van der Waals surface area contributed by atoms with Gasteiger partial charge in [0, 0.05) is 0 Å². The molecule has 0 N–H and O–H groups in total. The molecule has 0 fully saturated rings. The molecule has 0 unspecified atom stereocenters. The monoisotopic (exact) mass is 190 g/mol. The van der Waals surface area contributed by atoms with Gasteiger partial charge in [0.1, 0.15) is 0 Å². The summed E-state index contributed by atoms with van der Waals surface area (Å²) in [7, 11) is 0. The third kappa shape index (κ3) is 10.3. The molecule has 0 saturated heterocycles. The van der Waals surface area contributed by atoms with Gasteiger partial charge in [-0.3, -0.25) is 0 Å². The van der Waals surface area contributed by atoms with Gasteiger partial charge in [0.05, 0.1) is 0 Å². The first-order chi connectivity index (χ1) is 3.41. The first kappa shape index (κ1) is 12.0. The predicted molar refractivity (Wildman–Crippen MR) is 46.3 cm³/mol. The van der Waals surface area contributed by atoms with Crippen LogP contribution in [0.15, 0.2) is 0 Å². The lowest BCUT2D eigenvalue weighted by molar-refractivity contribution is 0.769. The normalized spacial score (nSPS) is 7.25. The van der Waals surface area contributed by atoms with E-state index < -0.39 is 0 Å². The quantitative estimate of drug-likeness (QED) is 0.473. The van der Waals surface area contributed by atoms with E-state index in [0.717, 1.165) is 0 Å². The smallest absolute Gasteiger partial charge is 0.157 e. The SMILES string of the molecule is Br.CCCC[CH2][Mg][CH3]. The minimum absolute atomic E-state index is 0. The zero-order valence-corrected chi connectivity index (χ0v) is 9.07. The summed E-state index contributed by atoms with van der Waals surface area (Å²) in [5, 5.41) is 2.38. The summed E-state index contributed by atoms with van der Waals surface area (Å²) in [4.78, 5) is 0. The number of rotatable bonds is 4. The van der Waals surface area contributed by atoms with E-state index >= 15 is 0 Å². The molecule has 0 aliphatic heterocycles. The summed E-state index contributed by atoms with van der Waals surface area (Å²) in [5.74, 6) is 0. The Hall–Kier alpha value is 1.25. The average Bonchev–Trinajstić information content (AvgIpc) is 1.69. The molecule has 0 spiro atoms. The van der Waals surface area contributed by atoms with E-state index in [0.29, 0.717) is 20.4 Å². The Balaban J connectivity index is 0. The van der Waals surface area contributed by atoms with Gasteiger partial charge in [-0.1, -0.05) is 26.2 Å². The van der Waals surface area contributed by atoms with E-state index in [-0.39, 0.29) is 17.0 Å². The van der Waals surface area contributed by atoms with Crippen molar-refractivity contribution in [3.8, 4) is 0 Å². The summed E-state index contributed by atoms with van der Waals surface area (Å²) >= 11 is 0.394. The molecule has 0 aromatic heterocycles. The van der Waals surface area contributed by atoms with Crippen LogP contribution in [-0.4, -0.2) is 20.4 Å². The van der Waals surface area contributed by atoms with Gasteiger partial charge < -0.3 is 0 Å². The first-order valence-electron chi connectivity index (χ1n) is 3.41. The van der Waals surface area contributed by atoms with E-state index in [1.165, 1.54) is 19.3 Å². The molecule has 2 heteroatoms. The summed E-state index contributed by atoms with van der Waals surface area (Å²) in [5.41, 5.74) is 0. The van der Waals surface area contributed by atoms with Gasteiger partial charge in [-0.15, -0.1) is 21.5 Å². The van der Waals surface area contributed by atoms with Crippen molar-refractivity contribution in [3.63, 3.8) is 0 Å². The molecule has 0 atom stereocenters. The molecule has 0 nitrogen and oxygen atoms in total. The van der Waals surface area contributed by atoms with Crippen molar-refractivity contribution in [2.75, 3.05) is 0 Å². The van der Waals surface area contributed by atoms with Crippen LogP contribution in [0.2, 0.25) is 9.60 Å². The van der Waals surface area contributed by atoms with Gasteiger partial charge in [-0.2, -0.15) is 5.05 Å². The van der Waals surface area contributed by atoms with Crippen molar-refractivity contribution in [1.29, 1.82) is 0 Å². The van der Waals surface area contributed by atoms with Gasteiger partial charge in [0.25, 0.3) is 0 Å². The van der Waals surface area contributed by atoms with E-state index in [4.69, 9.17) is 0 Å². The standard InChI is InChI=1S/C5H11.CH3.BrH.Mg/c1-3-5-4-2;;;/h1,3-5H2,2H3;1H3;1H;. The molecule has 0 aromatic rings. The molecule has 0 aliphatic carbocycles. The van der Waals surface area contributed by atoms with Gasteiger partial charge in [-0.05, 0) is 0 Å². The second kappa shape index (κ2) is 11.1. The molecular formula is C6H15BrMg. The molecular weight excluding hydrogens is 176 g/mol. The number of unbranched alkanes of at least 4 members (excludes halogenated alkanes) is 2. The second-order valence-electron chi connectivity index (χ2n) is 2.06. The number of hydrogen-bond acceptors (Lipinski definition) is 0. The van der Waals surface area contributed by atoms with Crippen LogP contribution in [0.4, 0.5) is 0 Å². The molecule has 48 valence electrons. The van der Waals surface area contributed by atoms with Crippen LogP contribution in [0.25, 0.3) is 0 Å². The van der Waals surface area contributed by atoms with E-state index in [9.17, 15) is 0 Å². The molecule has 0 bridgehead atoms. The largest absolute Gasteiger partial charge is 0.360 e. The molecule has 0 rings (SSSR count). The Bertz CT molecular complexity index is 27.7. The van der Waals surface area contributed by atoms with Crippen molar-refractivity contribution in [3.05, 3.63) is 0 Å². The first-order valence-corrected chi connectivity index (χ1v) is 5.83. The van der Waals surface area contributed by atoms with E-state index in [1.807, 2.05) is 0 Å². The highest BCUT2D eigenvalue weighted by Gasteiger charge is 1.84. The van der Waals surface area contributed by atoms with Crippen LogP contribution in [0.3, 0.4) is 0 Å². The maximum absolute atomic E-state index is 2.38. The van der Waals surface area contributed by atoms with E-state index in [2.05, 4.69) is 12.0 Å². The number of halogens is 1. The fourth-order valence-corrected chi connectivity index (χ4v) is 1.53.